The third kappa shape index (κ3) is 4.03. The fraction of sp³-hybridized carbons (Fsp3) is 0.364. The van der Waals surface area contributed by atoms with Gasteiger partial charge in [-0.2, -0.15) is 0 Å². The second-order valence-electron chi connectivity index (χ2n) is 7.22. The van der Waals surface area contributed by atoms with Crippen molar-refractivity contribution in [2.24, 2.45) is 0 Å². The Morgan fingerprint density at radius 2 is 1.89 bits per heavy atom. The average molecular weight is 364 g/mol. The number of hydrogen-bond acceptors (Lipinski definition) is 3. The molecule has 1 aliphatic heterocycles. The second-order valence-corrected chi connectivity index (χ2v) is 7.22. The maximum atomic E-state index is 11.9. The van der Waals surface area contributed by atoms with E-state index in [2.05, 4.69) is 53.3 Å². The van der Waals surface area contributed by atoms with Crippen LogP contribution in [0.4, 0.5) is 0 Å². The van der Waals surface area contributed by atoms with Gasteiger partial charge in [-0.25, -0.2) is 0 Å². The molecule has 0 unspecified atom stereocenters. The minimum atomic E-state index is -0.431. The Morgan fingerprint density at radius 3 is 2.74 bits per heavy atom. The first-order chi connectivity index (χ1) is 13.2. The summed E-state index contributed by atoms with van der Waals surface area (Å²) >= 11 is 0. The van der Waals surface area contributed by atoms with Gasteiger partial charge in [-0.15, -0.1) is 0 Å². The van der Waals surface area contributed by atoms with Crippen LogP contribution in [0.2, 0.25) is 0 Å². The zero-order valence-electron chi connectivity index (χ0n) is 15.3. The number of rotatable bonds is 5. The van der Waals surface area contributed by atoms with Crippen LogP contribution in [0.15, 0.2) is 42.5 Å². The monoisotopic (exact) mass is 364 g/mol. The van der Waals surface area contributed by atoms with Gasteiger partial charge in [0.15, 0.2) is 0 Å². The van der Waals surface area contributed by atoms with Crippen LogP contribution >= 0.6 is 0 Å². The number of nitrogens with one attached hydrogen (secondary N) is 2. The number of hydrogen-bond donors (Lipinski definition) is 2. The molecule has 27 heavy (non-hydrogen) atoms. The third-order valence-electron chi connectivity index (χ3n) is 5.28. The van der Waals surface area contributed by atoms with Gasteiger partial charge < -0.3 is 4.74 Å². The Hall–Kier alpha value is -2.66. The normalized spacial score (nSPS) is 17.3. The first-order valence-corrected chi connectivity index (χ1v) is 9.61. The molecule has 0 radical (unpaired) electrons. The maximum absolute atomic E-state index is 11.9. The molecule has 140 valence electrons. The Balaban J connectivity index is 1.25. The largest absolute Gasteiger partial charge is 0.368 e. The molecule has 1 saturated heterocycles. The summed E-state index contributed by atoms with van der Waals surface area (Å²) in [7, 11) is 0. The molecule has 0 aromatic heterocycles. The molecular formula is C22H24N2O3. The summed E-state index contributed by atoms with van der Waals surface area (Å²) in [6.45, 7) is 0.608. The average Bonchev–Trinajstić information content (AvgIpc) is 3.34. The van der Waals surface area contributed by atoms with E-state index in [0.717, 1.165) is 25.7 Å². The Bertz CT molecular complexity index is 856. The van der Waals surface area contributed by atoms with Crippen LogP contribution in [0.25, 0.3) is 11.1 Å². The van der Waals surface area contributed by atoms with Crippen molar-refractivity contribution < 1.29 is 14.3 Å². The Labute approximate surface area is 159 Å². The van der Waals surface area contributed by atoms with E-state index < -0.39 is 6.10 Å². The van der Waals surface area contributed by atoms with Crippen LogP contribution in [0.5, 0.6) is 0 Å². The van der Waals surface area contributed by atoms with Crippen LogP contribution < -0.4 is 10.9 Å². The molecule has 2 aromatic rings. The van der Waals surface area contributed by atoms with E-state index in [1.165, 1.54) is 27.8 Å². The van der Waals surface area contributed by atoms with Gasteiger partial charge in [-0.1, -0.05) is 42.5 Å². The molecule has 1 aliphatic carbocycles. The molecule has 1 heterocycles. The number of benzene rings is 2. The molecule has 0 bridgehead atoms. The number of amides is 2. The lowest BCUT2D eigenvalue weighted by Crippen LogP contribution is -2.46. The number of carbonyl (C=O) groups excluding carboxylic acids is 2. The van der Waals surface area contributed by atoms with E-state index in [0.29, 0.717) is 19.4 Å². The van der Waals surface area contributed by atoms with Crippen LogP contribution in [0.3, 0.4) is 0 Å². The summed E-state index contributed by atoms with van der Waals surface area (Å²) in [6, 6.07) is 15.1. The van der Waals surface area contributed by atoms with Crippen LogP contribution in [0, 0.1) is 0 Å². The molecule has 2 amide bonds. The van der Waals surface area contributed by atoms with Crippen molar-refractivity contribution >= 4 is 11.8 Å². The second kappa shape index (κ2) is 7.92. The lowest BCUT2D eigenvalue weighted by atomic mass is 10.00. The topological polar surface area (TPSA) is 67.4 Å². The Morgan fingerprint density at radius 1 is 1.04 bits per heavy atom. The maximum Gasteiger partial charge on any atom is 0.267 e. The summed E-state index contributed by atoms with van der Waals surface area (Å²) in [4.78, 5) is 23.7. The molecule has 2 aromatic carbocycles. The summed E-state index contributed by atoms with van der Waals surface area (Å²) in [5, 5.41) is 0. The van der Waals surface area contributed by atoms with E-state index in [-0.39, 0.29) is 11.8 Å². The fourth-order valence-electron chi connectivity index (χ4n) is 3.84. The highest BCUT2D eigenvalue weighted by Gasteiger charge is 2.23. The minimum Gasteiger partial charge on any atom is -0.368 e. The summed E-state index contributed by atoms with van der Waals surface area (Å²) in [6.07, 6.45) is 4.11. The minimum absolute atomic E-state index is 0.173. The summed E-state index contributed by atoms with van der Waals surface area (Å²) in [5.41, 5.74) is 11.6. The molecule has 5 heteroatoms. The van der Waals surface area contributed by atoms with Crippen molar-refractivity contribution in [2.45, 2.75) is 44.6 Å². The molecule has 4 rings (SSSR count). The highest BCUT2D eigenvalue weighted by Crippen LogP contribution is 2.36. The van der Waals surface area contributed by atoms with Gasteiger partial charge in [0, 0.05) is 13.0 Å². The van der Waals surface area contributed by atoms with E-state index in [4.69, 9.17) is 4.74 Å². The quantitative estimate of drug-likeness (QED) is 0.684. The molecular weight excluding hydrogens is 340 g/mol. The third-order valence-corrected chi connectivity index (χ3v) is 5.28. The molecule has 0 saturated carbocycles. The number of aryl methyl sites for hydroxylation is 1. The zero-order chi connectivity index (χ0) is 18.6. The SMILES string of the molecule is O=C(CCCc1ccc2c(c1)-c1ccccc1C2)NNC(=O)[C@@H]1CCCO1. The van der Waals surface area contributed by atoms with Gasteiger partial charge in [-0.05, 0) is 59.9 Å². The predicted octanol–water partition coefficient (Wildman–Crippen LogP) is 2.91. The standard InChI is InChI=1S/C22H24N2O3/c25-21(23-24-22(26)20-8-4-12-27-20)9-3-5-15-10-11-17-14-16-6-1-2-7-18(16)19(17)13-15/h1-2,6-7,10-11,13,20H,3-5,8-9,12,14H2,(H,23,25)(H,24,26)/t20-/m0/s1. The summed E-state index contributed by atoms with van der Waals surface area (Å²) < 4.78 is 5.28. The molecule has 2 N–H and O–H groups in total. The lowest BCUT2D eigenvalue weighted by molar-refractivity contribution is -0.134. The van der Waals surface area contributed by atoms with Gasteiger partial charge in [-0.3, -0.25) is 20.4 Å². The van der Waals surface area contributed by atoms with Gasteiger partial charge in [0.1, 0.15) is 6.10 Å². The van der Waals surface area contributed by atoms with Crippen molar-refractivity contribution in [1.29, 1.82) is 0 Å². The van der Waals surface area contributed by atoms with Gasteiger partial charge in [0.25, 0.3) is 5.91 Å². The molecule has 5 nitrogen and oxygen atoms in total. The van der Waals surface area contributed by atoms with Crippen molar-refractivity contribution in [3.05, 3.63) is 59.2 Å². The van der Waals surface area contributed by atoms with Gasteiger partial charge in [0.2, 0.25) is 5.91 Å². The highest BCUT2D eigenvalue weighted by molar-refractivity contribution is 5.84. The highest BCUT2D eigenvalue weighted by atomic mass is 16.5. The van der Waals surface area contributed by atoms with Crippen LogP contribution in [-0.2, 0) is 27.2 Å². The van der Waals surface area contributed by atoms with Crippen LogP contribution in [0.1, 0.15) is 42.4 Å². The van der Waals surface area contributed by atoms with Crippen molar-refractivity contribution in [2.75, 3.05) is 6.61 Å². The van der Waals surface area contributed by atoms with E-state index >= 15 is 0 Å². The molecule has 2 aliphatic rings. The fourth-order valence-corrected chi connectivity index (χ4v) is 3.84. The summed E-state index contributed by atoms with van der Waals surface area (Å²) in [5.74, 6) is -0.439. The lowest BCUT2D eigenvalue weighted by Gasteiger charge is -2.11. The van der Waals surface area contributed by atoms with Crippen molar-refractivity contribution in [1.82, 2.24) is 10.9 Å². The van der Waals surface area contributed by atoms with E-state index in [9.17, 15) is 9.59 Å². The van der Waals surface area contributed by atoms with E-state index in [1.807, 2.05) is 0 Å². The van der Waals surface area contributed by atoms with E-state index in [1.54, 1.807) is 0 Å². The van der Waals surface area contributed by atoms with Crippen LogP contribution in [-0.4, -0.2) is 24.5 Å². The number of hydrazine groups is 1. The number of fused-ring (bicyclic) bond motifs is 3. The molecule has 1 fully saturated rings. The van der Waals surface area contributed by atoms with Crippen molar-refractivity contribution in [3.8, 4) is 11.1 Å². The smallest absolute Gasteiger partial charge is 0.267 e. The van der Waals surface area contributed by atoms with Crippen molar-refractivity contribution in [3.63, 3.8) is 0 Å². The molecule has 1 atom stereocenters. The Kier molecular flexibility index (Phi) is 5.21. The molecule has 0 spiro atoms. The van der Waals surface area contributed by atoms with Gasteiger partial charge in [0.05, 0.1) is 0 Å². The first kappa shape index (κ1) is 17.7. The number of ether oxygens (including phenoxy) is 1. The first-order valence-electron chi connectivity index (χ1n) is 9.61. The van der Waals surface area contributed by atoms with Gasteiger partial charge >= 0.3 is 0 Å². The predicted molar refractivity (Wildman–Crippen MR) is 103 cm³/mol. The zero-order valence-corrected chi connectivity index (χ0v) is 15.3. The number of carbonyl (C=O) groups is 2.